The normalized spacial score (nSPS) is 34.9. The molecule has 0 heteroatoms. The zero-order valence-electron chi connectivity index (χ0n) is 13.4. The van der Waals surface area contributed by atoms with Gasteiger partial charge in [0.05, 0.1) is 0 Å². The molecule has 4 atom stereocenters. The summed E-state index contributed by atoms with van der Waals surface area (Å²) in [5.41, 5.74) is 5.60. The van der Waals surface area contributed by atoms with Gasteiger partial charge in [0.25, 0.3) is 0 Å². The van der Waals surface area contributed by atoms with Gasteiger partial charge in [-0.1, -0.05) is 48.6 Å². The van der Waals surface area contributed by atoms with E-state index in [1.165, 1.54) is 60.8 Å². The summed E-state index contributed by atoms with van der Waals surface area (Å²) in [7, 11) is 0. The van der Waals surface area contributed by atoms with Crippen molar-refractivity contribution >= 4 is 0 Å². The Hall–Kier alpha value is -1.04. The molecule has 0 aromatic heterocycles. The van der Waals surface area contributed by atoms with Crippen LogP contribution in [0.25, 0.3) is 0 Å². The summed E-state index contributed by atoms with van der Waals surface area (Å²) < 4.78 is 0. The molecule has 0 N–H and O–H groups in total. The highest BCUT2D eigenvalue weighted by Crippen LogP contribution is 2.47. The Morgan fingerprint density at radius 1 is 0.800 bits per heavy atom. The summed E-state index contributed by atoms with van der Waals surface area (Å²) in [6.07, 6.45) is 7.30. The molecule has 0 spiro atoms. The van der Waals surface area contributed by atoms with E-state index < -0.39 is 0 Å². The minimum Gasteiger partial charge on any atom is -0.0999 e. The first-order chi connectivity index (χ1) is 9.40. The van der Waals surface area contributed by atoms with E-state index in [-0.39, 0.29) is 0 Å². The van der Waals surface area contributed by atoms with Crippen LogP contribution in [0.5, 0.6) is 0 Å². The van der Waals surface area contributed by atoms with Gasteiger partial charge in [-0.25, -0.2) is 0 Å². The predicted octanol–water partition coefficient (Wildman–Crippen LogP) is 6.08. The third-order valence-corrected chi connectivity index (χ3v) is 5.63. The first-order valence-electron chi connectivity index (χ1n) is 8.06. The quantitative estimate of drug-likeness (QED) is 0.545. The molecule has 0 unspecified atom stereocenters. The maximum atomic E-state index is 4.38. The van der Waals surface area contributed by atoms with Crippen molar-refractivity contribution in [3.63, 3.8) is 0 Å². The summed E-state index contributed by atoms with van der Waals surface area (Å²) in [5, 5.41) is 0. The monoisotopic (exact) mass is 270 g/mol. The molecule has 0 aromatic rings. The molecule has 20 heavy (non-hydrogen) atoms. The average Bonchev–Trinajstić information content (AvgIpc) is 2.39. The van der Waals surface area contributed by atoms with E-state index in [0.717, 1.165) is 0 Å². The van der Waals surface area contributed by atoms with Crippen LogP contribution < -0.4 is 0 Å². The van der Waals surface area contributed by atoms with Crippen LogP contribution in [0.2, 0.25) is 0 Å². The Kier molecular flexibility index (Phi) is 4.73. The summed E-state index contributed by atoms with van der Waals surface area (Å²) in [5.74, 6) is 2.62. The lowest BCUT2D eigenvalue weighted by Gasteiger charge is -2.41. The van der Waals surface area contributed by atoms with Gasteiger partial charge in [0, 0.05) is 0 Å². The Balaban J connectivity index is 2.14. The van der Waals surface area contributed by atoms with Gasteiger partial charge < -0.3 is 0 Å². The lowest BCUT2D eigenvalue weighted by Crippen LogP contribution is -2.30. The molecule has 0 heterocycles. The van der Waals surface area contributed by atoms with Crippen LogP contribution in [0.3, 0.4) is 0 Å². The first kappa shape index (κ1) is 15.4. The Morgan fingerprint density at radius 2 is 1.15 bits per heavy atom. The molecular formula is C20H30. The Morgan fingerprint density at radius 3 is 1.45 bits per heavy atom. The van der Waals surface area contributed by atoms with E-state index in [1.54, 1.807) is 0 Å². The lowest BCUT2D eigenvalue weighted by molar-refractivity contribution is 0.243. The number of hydrogen-bond acceptors (Lipinski definition) is 0. The van der Waals surface area contributed by atoms with Crippen LogP contribution in [0, 0.1) is 23.7 Å². The van der Waals surface area contributed by atoms with E-state index in [9.17, 15) is 0 Å². The summed E-state index contributed by atoms with van der Waals surface area (Å²) in [6.45, 7) is 21.5. The van der Waals surface area contributed by atoms with Crippen LogP contribution in [0.1, 0.15) is 52.4 Å². The van der Waals surface area contributed by atoms with E-state index in [2.05, 4.69) is 40.2 Å². The number of allylic oxidation sites excluding steroid dienone is 4. The third kappa shape index (κ3) is 3.16. The SMILES string of the molecule is C=C(C)[C@@H]1CCC(=C)[C@@H]([C@H]2C[C@H](C(=C)C)CCC2=C)C1. The second-order valence-electron chi connectivity index (χ2n) is 7.16. The largest absolute Gasteiger partial charge is 0.0999 e. The standard InChI is InChI=1S/C20H30/c1-13(2)17-9-7-15(5)19(11-17)20-12-18(14(3)4)10-8-16(20)6/h17-20H,1,3,5-12H2,2,4H3/t17-,18-,19+,20+/m1/s1. The first-order valence-corrected chi connectivity index (χ1v) is 8.06. The van der Waals surface area contributed by atoms with Crippen molar-refractivity contribution in [1.29, 1.82) is 0 Å². The summed E-state index contributed by atoms with van der Waals surface area (Å²) in [6, 6.07) is 0. The van der Waals surface area contributed by atoms with Crippen molar-refractivity contribution in [2.45, 2.75) is 52.4 Å². The van der Waals surface area contributed by atoms with Crippen molar-refractivity contribution in [1.82, 2.24) is 0 Å². The van der Waals surface area contributed by atoms with Gasteiger partial charge in [0.1, 0.15) is 0 Å². The van der Waals surface area contributed by atoms with Gasteiger partial charge in [-0.05, 0) is 76.0 Å². The fraction of sp³-hybridized carbons (Fsp3) is 0.600. The van der Waals surface area contributed by atoms with E-state index in [4.69, 9.17) is 0 Å². The second kappa shape index (κ2) is 6.16. The molecule has 2 aliphatic carbocycles. The third-order valence-electron chi connectivity index (χ3n) is 5.63. The molecule has 2 aliphatic rings. The molecule has 2 rings (SSSR count). The van der Waals surface area contributed by atoms with Gasteiger partial charge >= 0.3 is 0 Å². The molecule has 0 nitrogen and oxygen atoms in total. The minimum absolute atomic E-state index is 0.625. The predicted molar refractivity (Wildman–Crippen MR) is 89.6 cm³/mol. The number of hydrogen-bond donors (Lipinski definition) is 0. The molecule has 0 radical (unpaired) electrons. The maximum Gasteiger partial charge on any atom is -0.0134 e. The van der Waals surface area contributed by atoms with Crippen LogP contribution in [0.15, 0.2) is 48.6 Å². The van der Waals surface area contributed by atoms with Crippen molar-refractivity contribution in [3.05, 3.63) is 48.6 Å². The van der Waals surface area contributed by atoms with Gasteiger partial charge in [0.15, 0.2) is 0 Å². The van der Waals surface area contributed by atoms with Crippen LogP contribution in [-0.4, -0.2) is 0 Å². The highest BCUT2D eigenvalue weighted by molar-refractivity contribution is 5.20. The zero-order chi connectivity index (χ0) is 14.9. The lowest BCUT2D eigenvalue weighted by atomic mass is 9.63. The molecule has 110 valence electrons. The minimum atomic E-state index is 0.625. The summed E-state index contributed by atoms with van der Waals surface area (Å²) >= 11 is 0. The Bertz CT molecular complexity index is 395. The van der Waals surface area contributed by atoms with E-state index >= 15 is 0 Å². The van der Waals surface area contributed by atoms with Crippen LogP contribution >= 0.6 is 0 Å². The molecule has 0 aliphatic heterocycles. The van der Waals surface area contributed by atoms with E-state index in [0.29, 0.717) is 23.7 Å². The second-order valence-corrected chi connectivity index (χ2v) is 7.16. The van der Waals surface area contributed by atoms with Gasteiger partial charge in [-0.3, -0.25) is 0 Å². The molecule has 0 bridgehead atoms. The van der Waals surface area contributed by atoms with Crippen LogP contribution in [0.4, 0.5) is 0 Å². The Labute approximate surface area is 125 Å². The zero-order valence-corrected chi connectivity index (χ0v) is 13.4. The molecule has 0 amide bonds. The van der Waals surface area contributed by atoms with Crippen molar-refractivity contribution in [3.8, 4) is 0 Å². The van der Waals surface area contributed by atoms with Gasteiger partial charge in [0.2, 0.25) is 0 Å². The molecule has 2 fully saturated rings. The topological polar surface area (TPSA) is 0 Å². The van der Waals surface area contributed by atoms with Gasteiger partial charge in [-0.15, -0.1) is 0 Å². The van der Waals surface area contributed by atoms with E-state index in [1.807, 2.05) is 0 Å². The van der Waals surface area contributed by atoms with Crippen molar-refractivity contribution < 1.29 is 0 Å². The summed E-state index contributed by atoms with van der Waals surface area (Å²) in [4.78, 5) is 0. The number of rotatable bonds is 3. The van der Waals surface area contributed by atoms with Crippen LogP contribution in [-0.2, 0) is 0 Å². The molecule has 2 saturated carbocycles. The molecule has 0 saturated heterocycles. The molecule has 0 aromatic carbocycles. The molecular weight excluding hydrogens is 240 g/mol. The highest BCUT2D eigenvalue weighted by Gasteiger charge is 2.36. The average molecular weight is 270 g/mol. The fourth-order valence-electron chi connectivity index (χ4n) is 4.06. The fourth-order valence-corrected chi connectivity index (χ4v) is 4.06. The van der Waals surface area contributed by atoms with Crippen molar-refractivity contribution in [2.24, 2.45) is 23.7 Å². The maximum absolute atomic E-state index is 4.38. The smallest absolute Gasteiger partial charge is 0.0134 e. The van der Waals surface area contributed by atoms with Crippen molar-refractivity contribution in [2.75, 3.05) is 0 Å². The highest BCUT2D eigenvalue weighted by atomic mass is 14.4. The van der Waals surface area contributed by atoms with Gasteiger partial charge in [-0.2, -0.15) is 0 Å².